The Morgan fingerprint density at radius 1 is 1.42 bits per heavy atom. The highest BCUT2D eigenvalue weighted by Crippen LogP contribution is 2.35. The second-order valence-electron chi connectivity index (χ2n) is 3.27. The van der Waals surface area contributed by atoms with Gasteiger partial charge in [0.2, 0.25) is 0 Å². The van der Waals surface area contributed by atoms with Gasteiger partial charge in [-0.2, -0.15) is 0 Å². The summed E-state index contributed by atoms with van der Waals surface area (Å²) in [5, 5.41) is 20.4. The third-order valence-electron chi connectivity index (χ3n) is 2.09. The molecule has 0 amide bonds. The van der Waals surface area contributed by atoms with Crippen LogP contribution in [-0.4, -0.2) is 27.5 Å². The molecule has 0 bridgehead atoms. The lowest BCUT2D eigenvalue weighted by Gasteiger charge is -2.06. The zero-order valence-electron chi connectivity index (χ0n) is 9.70. The summed E-state index contributed by atoms with van der Waals surface area (Å²) in [6.07, 6.45) is 1.94. The molecular weight excluding hydrogens is 324 g/mol. The second-order valence-corrected chi connectivity index (χ2v) is 7.02. The van der Waals surface area contributed by atoms with Crippen LogP contribution in [0.1, 0.15) is 5.56 Å². The van der Waals surface area contributed by atoms with Gasteiger partial charge in [0.05, 0.1) is 0 Å². The summed E-state index contributed by atoms with van der Waals surface area (Å²) in [5.41, 5.74) is 6.21. The fraction of sp³-hybridized carbons (Fsp3) is 0.100. The van der Waals surface area contributed by atoms with Crippen molar-refractivity contribution in [3.05, 3.63) is 28.8 Å². The summed E-state index contributed by atoms with van der Waals surface area (Å²) in [7, 11) is 0. The van der Waals surface area contributed by atoms with Crippen molar-refractivity contribution in [3.8, 4) is 0 Å². The average Bonchev–Trinajstić information content (AvgIpc) is 2.87. The zero-order chi connectivity index (χ0) is 13.8. The van der Waals surface area contributed by atoms with E-state index in [1.165, 1.54) is 34.9 Å². The van der Waals surface area contributed by atoms with Crippen molar-refractivity contribution in [1.29, 1.82) is 0 Å². The standard InChI is InChI=1S/C10H9ClN4OS3/c1-17-9-13-14-10(19-9)18-7-3-2-5(11)4-6(7)8(12)15-16/h2-4,16H,1H3,(H2,12,15). The minimum absolute atomic E-state index is 0.0135. The van der Waals surface area contributed by atoms with Crippen LogP contribution in [-0.2, 0) is 0 Å². The van der Waals surface area contributed by atoms with Crippen LogP contribution in [0.15, 0.2) is 36.9 Å². The van der Waals surface area contributed by atoms with Crippen LogP contribution in [0.25, 0.3) is 0 Å². The van der Waals surface area contributed by atoms with Crippen LogP contribution >= 0.6 is 46.5 Å². The van der Waals surface area contributed by atoms with Crippen molar-refractivity contribution in [2.75, 3.05) is 6.26 Å². The molecule has 19 heavy (non-hydrogen) atoms. The van der Waals surface area contributed by atoms with Crippen LogP contribution in [0.4, 0.5) is 0 Å². The van der Waals surface area contributed by atoms with Crippen molar-refractivity contribution in [2.45, 2.75) is 13.6 Å². The van der Waals surface area contributed by atoms with E-state index in [0.717, 1.165) is 13.6 Å². The predicted octanol–water partition coefficient (Wildman–Crippen LogP) is 3.16. The molecule has 1 aromatic heterocycles. The average molecular weight is 333 g/mol. The first-order valence-corrected chi connectivity index (χ1v) is 8.20. The number of hydrogen-bond acceptors (Lipinski definition) is 7. The Kier molecular flexibility index (Phi) is 4.92. The molecule has 3 N–H and O–H groups in total. The highest BCUT2D eigenvalue weighted by Gasteiger charge is 2.12. The van der Waals surface area contributed by atoms with Crippen molar-refractivity contribution >= 4 is 52.3 Å². The topological polar surface area (TPSA) is 84.4 Å². The Labute approximate surface area is 127 Å². The molecule has 0 aliphatic heterocycles. The molecule has 1 aromatic carbocycles. The molecule has 0 saturated carbocycles. The summed E-state index contributed by atoms with van der Waals surface area (Å²) in [5.74, 6) is 0.0135. The largest absolute Gasteiger partial charge is 0.409 e. The lowest BCUT2D eigenvalue weighted by Crippen LogP contribution is -2.14. The van der Waals surface area contributed by atoms with Gasteiger partial charge >= 0.3 is 0 Å². The van der Waals surface area contributed by atoms with Crippen LogP contribution in [0.2, 0.25) is 5.02 Å². The Bertz CT molecular complexity index is 617. The van der Waals surface area contributed by atoms with Gasteiger partial charge in [-0.05, 0) is 24.5 Å². The number of benzene rings is 1. The smallest absolute Gasteiger partial charge is 0.179 e. The molecule has 0 aliphatic carbocycles. The van der Waals surface area contributed by atoms with Crippen molar-refractivity contribution in [3.63, 3.8) is 0 Å². The van der Waals surface area contributed by atoms with Crippen LogP contribution in [0.5, 0.6) is 0 Å². The Balaban J connectivity index is 2.34. The minimum Gasteiger partial charge on any atom is -0.409 e. The van der Waals surface area contributed by atoms with Gasteiger partial charge in [0.1, 0.15) is 0 Å². The predicted molar refractivity (Wildman–Crippen MR) is 79.8 cm³/mol. The molecule has 9 heteroatoms. The Morgan fingerprint density at radius 2 is 2.16 bits per heavy atom. The fourth-order valence-corrected chi connectivity index (χ4v) is 3.95. The van der Waals surface area contributed by atoms with Crippen molar-refractivity contribution < 1.29 is 5.21 Å². The first-order valence-electron chi connectivity index (χ1n) is 4.97. The SMILES string of the molecule is CSc1nnc(Sc2ccc(Cl)cc2/C(N)=N/O)s1. The minimum atomic E-state index is 0.0135. The van der Waals surface area contributed by atoms with Gasteiger partial charge in [0.25, 0.3) is 0 Å². The molecule has 100 valence electrons. The third kappa shape index (κ3) is 3.53. The van der Waals surface area contributed by atoms with E-state index in [0.29, 0.717) is 10.6 Å². The highest BCUT2D eigenvalue weighted by atomic mass is 35.5. The molecule has 0 radical (unpaired) electrons. The van der Waals surface area contributed by atoms with Crippen molar-refractivity contribution in [2.24, 2.45) is 10.9 Å². The van der Waals surface area contributed by atoms with Gasteiger partial charge in [-0.1, -0.05) is 51.6 Å². The lowest BCUT2D eigenvalue weighted by atomic mass is 10.2. The number of aromatic nitrogens is 2. The van der Waals surface area contributed by atoms with Crippen LogP contribution in [0.3, 0.4) is 0 Å². The maximum absolute atomic E-state index is 8.79. The van der Waals surface area contributed by atoms with Crippen LogP contribution < -0.4 is 5.73 Å². The monoisotopic (exact) mass is 332 g/mol. The first kappa shape index (κ1) is 14.4. The molecule has 0 spiro atoms. The van der Waals surface area contributed by atoms with E-state index in [2.05, 4.69) is 15.4 Å². The molecule has 1 heterocycles. The summed E-state index contributed by atoms with van der Waals surface area (Å²) in [6.45, 7) is 0. The molecule has 2 aromatic rings. The number of amidine groups is 1. The molecule has 0 aliphatic rings. The summed E-state index contributed by atoms with van der Waals surface area (Å²) >= 11 is 10.3. The van der Waals surface area contributed by atoms with Gasteiger partial charge in [-0.15, -0.1) is 10.2 Å². The molecule has 2 rings (SSSR count). The van der Waals surface area contributed by atoms with Gasteiger partial charge in [-0.3, -0.25) is 0 Å². The van der Waals surface area contributed by atoms with Crippen LogP contribution in [0, 0.1) is 0 Å². The molecule has 0 saturated heterocycles. The molecule has 5 nitrogen and oxygen atoms in total. The normalized spacial score (nSPS) is 11.8. The Hall–Kier alpha value is -0.960. The van der Waals surface area contributed by atoms with E-state index in [9.17, 15) is 0 Å². The second kappa shape index (κ2) is 6.47. The number of thioether (sulfide) groups is 1. The maximum atomic E-state index is 8.79. The fourth-order valence-electron chi connectivity index (χ4n) is 1.26. The first-order chi connectivity index (χ1) is 9.13. The third-order valence-corrected chi connectivity index (χ3v) is 5.35. The van der Waals surface area contributed by atoms with Gasteiger partial charge in [-0.25, -0.2) is 0 Å². The van der Waals surface area contributed by atoms with E-state index in [1.807, 2.05) is 6.26 Å². The van der Waals surface area contributed by atoms with E-state index in [-0.39, 0.29) is 5.84 Å². The molecule has 0 atom stereocenters. The number of rotatable bonds is 4. The number of hydrogen-bond donors (Lipinski definition) is 2. The van der Waals surface area contributed by atoms with E-state index in [4.69, 9.17) is 22.5 Å². The van der Waals surface area contributed by atoms with Crippen molar-refractivity contribution in [1.82, 2.24) is 10.2 Å². The lowest BCUT2D eigenvalue weighted by molar-refractivity contribution is 0.318. The number of halogens is 1. The maximum Gasteiger partial charge on any atom is 0.179 e. The molecular formula is C10H9ClN4OS3. The zero-order valence-corrected chi connectivity index (χ0v) is 12.9. The van der Waals surface area contributed by atoms with E-state index >= 15 is 0 Å². The number of nitrogens with two attached hydrogens (primary N) is 1. The van der Waals surface area contributed by atoms with Gasteiger partial charge < -0.3 is 10.9 Å². The highest BCUT2D eigenvalue weighted by molar-refractivity contribution is 8.03. The summed E-state index contributed by atoms with van der Waals surface area (Å²) < 4.78 is 1.68. The molecule has 0 unspecified atom stereocenters. The number of nitrogens with zero attached hydrogens (tertiary/aromatic N) is 3. The quantitative estimate of drug-likeness (QED) is 0.294. The number of oxime groups is 1. The van der Waals surface area contributed by atoms with Gasteiger partial charge in [0, 0.05) is 15.5 Å². The summed E-state index contributed by atoms with van der Waals surface area (Å²) in [4.78, 5) is 0.809. The molecule has 0 fully saturated rings. The Morgan fingerprint density at radius 3 is 2.79 bits per heavy atom. The van der Waals surface area contributed by atoms with E-state index < -0.39 is 0 Å². The van der Waals surface area contributed by atoms with E-state index in [1.54, 1.807) is 18.2 Å². The van der Waals surface area contributed by atoms with Gasteiger partial charge in [0.15, 0.2) is 14.5 Å². The summed E-state index contributed by atoms with van der Waals surface area (Å²) in [6, 6.07) is 5.20.